The van der Waals surface area contributed by atoms with Crippen molar-refractivity contribution in [2.45, 2.75) is 19.7 Å². The highest BCUT2D eigenvalue weighted by molar-refractivity contribution is 6.34. The molecule has 0 fully saturated rings. The summed E-state index contributed by atoms with van der Waals surface area (Å²) in [6, 6.07) is 5.87. The molecule has 0 aliphatic carbocycles. The van der Waals surface area contributed by atoms with E-state index in [0.717, 1.165) is 5.69 Å². The van der Waals surface area contributed by atoms with Crippen LogP contribution >= 0.6 is 0 Å². The van der Waals surface area contributed by atoms with Crippen molar-refractivity contribution in [3.05, 3.63) is 30.1 Å². The zero-order valence-electron chi connectivity index (χ0n) is 8.73. The first-order chi connectivity index (χ1) is 6.65. The zero-order valence-corrected chi connectivity index (χ0v) is 8.73. The average Bonchev–Trinajstić information content (AvgIpc) is 2.20. The average molecular weight is 191 g/mol. The number of ether oxygens (including phenoxy) is 1. The molecule has 0 bridgehead atoms. The maximum Gasteiger partial charge on any atom is 0.273 e. The predicted molar refractivity (Wildman–Crippen MR) is 54.0 cm³/mol. The molecule has 0 saturated carbocycles. The second kappa shape index (κ2) is 4.79. The van der Waals surface area contributed by atoms with Crippen LogP contribution in [0.4, 0.5) is 0 Å². The fraction of sp³-hybridized carbons (Fsp3) is 0.400. The van der Waals surface area contributed by atoms with Crippen molar-refractivity contribution in [3.8, 4) is 0 Å². The van der Waals surface area contributed by atoms with Gasteiger partial charge in [0.15, 0.2) is 0 Å². The molecule has 0 aromatic carbocycles. The third-order valence-electron chi connectivity index (χ3n) is 2.06. The van der Waals surface area contributed by atoms with E-state index in [1.807, 2.05) is 50.1 Å². The molecule has 3 nitrogen and oxygen atoms in total. The number of carbonyl (C=O) groups excluding carboxylic acids is 1. The van der Waals surface area contributed by atoms with Gasteiger partial charge in [0.2, 0.25) is 0 Å². The summed E-state index contributed by atoms with van der Waals surface area (Å²) in [6.07, 6.45) is 1.91. The standard InChI is InChI=1S/C10H14BNO2/c1-8-6-4-5-7-12(8)11-9(2)10(13)14-3/h4-7,9H,1-3H3/t9-/m1/s1. The van der Waals surface area contributed by atoms with Crippen LogP contribution in [0.25, 0.3) is 0 Å². The highest BCUT2D eigenvalue weighted by Gasteiger charge is 2.09. The van der Waals surface area contributed by atoms with Crippen molar-refractivity contribution in [2.75, 3.05) is 7.11 Å². The Morgan fingerprint density at radius 2 is 2.29 bits per heavy atom. The number of nitrogens with zero attached hydrogens (tertiary/aromatic N) is 1. The van der Waals surface area contributed by atoms with E-state index in [4.69, 9.17) is 0 Å². The molecule has 0 N–H and O–H groups in total. The van der Waals surface area contributed by atoms with Crippen LogP contribution in [0.1, 0.15) is 12.6 Å². The van der Waals surface area contributed by atoms with E-state index < -0.39 is 0 Å². The van der Waals surface area contributed by atoms with Crippen molar-refractivity contribution in [3.63, 3.8) is 0 Å². The molecule has 0 aliphatic rings. The van der Waals surface area contributed by atoms with Gasteiger partial charge in [-0.05, 0) is 12.1 Å². The maximum atomic E-state index is 11.2. The maximum absolute atomic E-state index is 11.2. The molecule has 1 rings (SSSR count). The van der Waals surface area contributed by atoms with Gasteiger partial charge in [-0.15, -0.1) is 0 Å². The summed E-state index contributed by atoms with van der Waals surface area (Å²) in [7, 11) is 3.23. The molecule has 14 heavy (non-hydrogen) atoms. The largest absolute Gasteiger partial charge is 0.475 e. The monoisotopic (exact) mass is 191 g/mol. The van der Waals surface area contributed by atoms with E-state index >= 15 is 0 Å². The van der Waals surface area contributed by atoms with Gasteiger partial charge in [-0.1, -0.05) is 18.8 Å². The highest BCUT2D eigenvalue weighted by atomic mass is 16.5. The number of hydrogen-bond donors (Lipinski definition) is 0. The Hall–Kier alpha value is -1.32. The van der Waals surface area contributed by atoms with Gasteiger partial charge >= 0.3 is 0 Å². The Balaban J connectivity index is 2.69. The molecule has 1 aromatic rings. The van der Waals surface area contributed by atoms with Crippen LogP contribution in [-0.2, 0) is 9.53 Å². The van der Waals surface area contributed by atoms with E-state index in [-0.39, 0.29) is 11.8 Å². The van der Waals surface area contributed by atoms with E-state index in [1.165, 1.54) is 7.11 Å². The van der Waals surface area contributed by atoms with Crippen molar-refractivity contribution < 1.29 is 14.0 Å². The van der Waals surface area contributed by atoms with Crippen LogP contribution in [-0.4, -0.2) is 20.5 Å². The minimum Gasteiger partial charge on any atom is -0.475 e. The van der Waals surface area contributed by atoms with Gasteiger partial charge in [-0.3, -0.25) is 4.79 Å². The third-order valence-corrected chi connectivity index (χ3v) is 2.06. The number of esters is 1. The lowest BCUT2D eigenvalue weighted by Crippen LogP contribution is -2.45. The third kappa shape index (κ3) is 2.59. The van der Waals surface area contributed by atoms with Crippen LogP contribution in [0.2, 0.25) is 5.82 Å². The van der Waals surface area contributed by atoms with Crippen molar-refractivity contribution in [1.82, 2.24) is 0 Å². The Morgan fingerprint density at radius 1 is 1.57 bits per heavy atom. The minimum atomic E-state index is -0.230. The Morgan fingerprint density at radius 3 is 2.86 bits per heavy atom. The summed E-state index contributed by atoms with van der Waals surface area (Å²) in [4.78, 5) is 11.2. The molecule has 1 atom stereocenters. The van der Waals surface area contributed by atoms with Gasteiger partial charge in [0.1, 0.15) is 11.9 Å². The Labute approximate surface area is 85.0 Å². The minimum absolute atomic E-state index is 0.222. The van der Waals surface area contributed by atoms with Crippen LogP contribution in [0.3, 0.4) is 0 Å². The number of aryl methyl sites for hydroxylation is 1. The number of rotatable bonds is 3. The van der Waals surface area contributed by atoms with Crippen molar-refractivity contribution in [1.29, 1.82) is 0 Å². The van der Waals surface area contributed by atoms with E-state index in [2.05, 4.69) is 4.74 Å². The highest BCUT2D eigenvalue weighted by Crippen LogP contribution is 2.01. The molecule has 0 unspecified atom stereocenters. The fourth-order valence-corrected chi connectivity index (χ4v) is 1.20. The van der Waals surface area contributed by atoms with E-state index in [0.29, 0.717) is 0 Å². The van der Waals surface area contributed by atoms with Crippen LogP contribution in [0, 0.1) is 6.92 Å². The van der Waals surface area contributed by atoms with Crippen LogP contribution in [0.15, 0.2) is 24.4 Å². The number of aromatic nitrogens is 1. The molecular formula is C10H14BNO2. The second-order valence-corrected chi connectivity index (χ2v) is 3.21. The first-order valence-electron chi connectivity index (χ1n) is 4.54. The van der Waals surface area contributed by atoms with Gasteiger partial charge in [0.25, 0.3) is 5.97 Å². The lowest BCUT2D eigenvalue weighted by molar-refractivity contribution is -0.538. The number of methoxy groups -OCH3 is 1. The van der Waals surface area contributed by atoms with Gasteiger partial charge < -0.3 is 9.21 Å². The molecule has 1 aromatic heterocycles. The fourth-order valence-electron chi connectivity index (χ4n) is 1.20. The molecule has 4 heteroatoms. The smallest absolute Gasteiger partial charge is 0.273 e. The lowest BCUT2D eigenvalue weighted by atomic mass is 9.76. The summed E-state index contributed by atoms with van der Waals surface area (Å²) in [5, 5.41) is 0. The first kappa shape index (κ1) is 10.8. The first-order valence-corrected chi connectivity index (χ1v) is 4.54. The molecule has 0 amide bonds. The van der Waals surface area contributed by atoms with Crippen molar-refractivity contribution >= 4 is 13.4 Å². The molecule has 0 saturated heterocycles. The number of pyridine rings is 1. The van der Waals surface area contributed by atoms with E-state index in [9.17, 15) is 4.79 Å². The summed E-state index contributed by atoms with van der Waals surface area (Å²) in [5.74, 6) is -0.452. The number of hydrogen-bond acceptors (Lipinski definition) is 2. The molecule has 0 spiro atoms. The summed E-state index contributed by atoms with van der Waals surface area (Å²) in [6.45, 7) is 3.80. The molecule has 1 heterocycles. The van der Waals surface area contributed by atoms with Crippen molar-refractivity contribution in [2.24, 2.45) is 0 Å². The zero-order chi connectivity index (χ0) is 10.6. The normalized spacial score (nSPS) is 12.2. The summed E-state index contributed by atoms with van der Waals surface area (Å²) in [5.41, 5.74) is 1.09. The van der Waals surface area contributed by atoms with Gasteiger partial charge in [0, 0.05) is 6.92 Å². The second-order valence-electron chi connectivity index (χ2n) is 3.21. The Bertz CT molecular complexity index is 328. The predicted octanol–water partition coefficient (Wildman–Crippen LogP) is 0.731. The topological polar surface area (TPSA) is 30.2 Å². The molecular weight excluding hydrogens is 177 g/mol. The molecule has 0 aliphatic heterocycles. The summed E-state index contributed by atoms with van der Waals surface area (Å²) < 4.78 is 6.56. The van der Waals surface area contributed by atoms with Crippen LogP contribution < -0.4 is 4.48 Å². The molecule has 2 radical (unpaired) electrons. The van der Waals surface area contributed by atoms with Crippen LogP contribution in [0.5, 0.6) is 0 Å². The van der Waals surface area contributed by atoms with E-state index in [1.54, 1.807) is 0 Å². The quantitative estimate of drug-likeness (QED) is 0.520. The lowest BCUT2D eigenvalue weighted by Gasteiger charge is -2.17. The summed E-state index contributed by atoms with van der Waals surface area (Å²) >= 11 is 0. The SMILES string of the molecule is COC(=O)[C@@H](C)[B-][n+]1ccccc1C. The van der Waals surface area contributed by atoms with Gasteiger partial charge in [0.05, 0.1) is 14.5 Å². The van der Waals surface area contributed by atoms with Gasteiger partial charge in [-0.25, -0.2) is 0 Å². The number of carbonyl (C=O) groups is 1. The van der Waals surface area contributed by atoms with Gasteiger partial charge in [-0.2, -0.15) is 0 Å². The Kier molecular flexibility index (Phi) is 3.68. The molecule has 74 valence electrons.